The minimum atomic E-state index is -0.481. The van der Waals surface area contributed by atoms with Gasteiger partial charge in [0.05, 0.1) is 25.0 Å². The van der Waals surface area contributed by atoms with Crippen LogP contribution in [0.25, 0.3) is 16.9 Å². The second-order valence-corrected chi connectivity index (χ2v) is 7.95. The van der Waals surface area contributed by atoms with Crippen LogP contribution in [0.15, 0.2) is 16.5 Å². The largest absolute Gasteiger partial charge is 0.466 e. The maximum atomic E-state index is 10.6. The molecular weight excluding hydrogens is 382 g/mol. The lowest BCUT2D eigenvalue weighted by atomic mass is 10.1. The van der Waals surface area contributed by atoms with Crippen LogP contribution in [-0.4, -0.2) is 70.1 Å². The monoisotopic (exact) mass is 413 g/mol. The lowest BCUT2D eigenvalue weighted by Crippen LogP contribution is -2.42. The van der Waals surface area contributed by atoms with E-state index in [-0.39, 0.29) is 0 Å². The van der Waals surface area contributed by atoms with Gasteiger partial charge in [0.1, 0.15) is 17.3 Å². The first kappa shape index (κ1) is 20.8. The Hall–Kier alpha value is -2.42. The van der Waals surface area contributed by atoms with Crippen molar-refractivity contribution < 1.29 is 14.3 Å². The summed E-state index contributed by atoms with van der Waals surface area (Å²) in [6.07, 6.45) is 0.348. The fourth-order valence-corrected chi connectivity index (χ4v) is 4.14. The van der Waals surface area contributed by atoms with Crippen LogP contribution in [0.3, 0.4) is 0 Å². The zero-order valence-electron chi connectivity index (χ0n) is 18.2. The summed E-state index contributed by atoms with van der Waals surface area (Å²) in [5.41, 5.74) is 4.68. The maximum absolute atomic E-state index is 10.6. The number of morpholine rings is 1. The summed E-state index contributed by atoms with van der Waals surface area (Å²) in [6, 6.07) is 3.99. The van der Waals surface area contributed by atoms with E-state index in [0.717, 1.165) is 78.2 Å². The van der Waals surface area contributed by atoms with E-state index in [0.29, 0.717) is 13.1 Å². The second-order valence-electron chi connectivity index (χ2n) is 7.95. The minimum absolute atomic E-state index is 0.446. The third kappa shape index (κ3) is 4.21. The zero-order chi connectivity index (χ0) is 21.3. The Morgan fingerprint density at radius 3 is 2.63 bits per heavy atom. The number of hydrogen-bond acceptors (Lipinski definition) is 7. The number of nitrogens with one attached hydrogen (secondary N) is 1. The topological polar surface area (TPSA) is 88.1 Å². The molecule has 1 saturated heterocycles. The molecule has 4 heterocycles. The average Bonchev–Trinajstić information content (AvgIpc) is 3.28. The smallest absolute Gasteiger partial charge is 0.158 e. The molecule has 0 radical (unpaired) electrons. The number of aromatic nitrogens is 3. The average molecular weight is 414 g/mol. The van der Waals surface area contributed by atoms with Crippen LogP contribution in [0.5, 0.6) is 0 Å². The van der Waals surface area contributed by atoms with Gasteiger partial charge >= 0.3 is 0 Å². The van der Waals surface area contributed by atoms with Crippen LogP contribution in [-0.2, 0) is 11.2 Å². The molecule has 1 aliphatic heterocycles. The highest BCUT2D eigenvalue weighted by atomic mass is 16.5. The van der Waals surface area contributed by atoms with Gasteiger partial charge in [-0.05, 0) is 33.3 Å². The van der Waals surface area contributed by atoms with Crippen molar-refractivity contribution in [2.24, 2.45) is 0 Å². The number of nitrogens with zero attached hydrogens (tertiary/aromatic N) is 4. The Bertz CT molecular complexity index is 1020. The van der Waals surface area contributed by atoms with E-state index in [1.807, 2.05) is 37.4 Å². The summed E-state index contributed by atoms with van der Waals surface area (Å²) >= 11 is 0. The van der Waals surface area contributed by atoms with E-state index in [1.165, 1.54) is 0 Å². The van der Waals surface area contributed by atoms with Gasteiger partial charge in [0.15, 0.2) is 5.65 Å². The number of fused-ring (bicyclic) bond motifs is 1. The Balaban J connectivity index is 1.61. The normalized spacial score (nSPS) is 16.3. The molecule has 3 aromatic rings. The number of β-amino-alcohol motifs (C(OH)–C–C–N with tert-alkyl or cyclic N) is 1. The number of furan rings is 1. The van der Waals surface area contributed by atoms with E-state index in [1.54, 1.807) is 0 Å². The van der Waals surface area contributed by atoms with E-state index in [2.05, 4.69) is 17.1 Å². The number of anilines is 1. The molecule has 0 saturated carbocycles. The maximum Gasteiger partial charge on any atom is 0.158 e. The molecule has 0 bridgehead atoms. The van der Waals surface area contributed by atoms with Crippen LogP contribution < -0.4 is 5.32 Å². The quantitative estimate of drug-likeness (QED) is 0.615. The molecule has 8 nitrogen and oxygen atoms in total. The van der Waals surface area contributed by atoms with Crippen LogP contribution in [0.1, 0.15) is 29.7 Å². The van der Waals surface area contributed by atoms with Gasteiger partial charge in [0.25, 0.3) is 0 Å². The third-order valence-electron chi connectivity index (χ3n) is 5.66. The number of ether oxygens (including phenoxy) is 1. The zero-order valence-corrected chi connectivity index (χ0v) is 18.2. The summed E-state index contributed by atoms with van der Waals surface area (Å²) in [5, 5.41) is 18.9. The van der Waals surface area contributed by atoms with Crippen LogP contribution in [0, 0.1) is 20.8 Å². The summed E-state index contributed by atoms with van der Waals surface area (Å²) in [7, 11) is 0. The first-order chi connectivity index (χ1) is 14.5. The lowest BCUT2D eigenvalue weighted by Gasteiger charge is -2.28. The SMILES string of the molecule is CCc1c(C)nc2cc(-c3cc(C)oc3C)nn2c1NC[C@@H](O)CN1CCOCC1. The van der Waals surface area contributed by atoms with Crippen molar-refractivity contribution >= 4 is 11.5 Å². The molecule has 0 aliphatic carbocycles. The number of aliphatic hydroxyl groups excluding tert-OH is 1. The number of aliphatic hydroxyl groups is 1. The van der Waals surface area contributed by atoms with Crippen molar-refractivity contribution in [3.8, 4) is 11.3 Å². The van der Waals surface area contributed by atoms with Crippen molar-refractivity contribution in [1.29, 1.82) is 0 Å². The van der Waals surface area contributed by atoms with Crippen LogP contribution in [0.4, 0.5) is 5.82 Å². The highest BCUT2D eigenvalue weighted by molar-refractivity contribution is 5.68. The Morgan fingerprint density at radius 1 is 1.20 bits per heavy atom. The van der Waals surface area contributed by atoms with Crippen LogP contribution >= 0.6 is 0 Å². The Labute approximate surface area is 176 Å². The summed E-state index contributed by atoms with van der Waals surface area (Å²) in [5.74, 6) is 2.60. The van der Waals surface area contributed by atoms with Crippen molar-refractivity contribution in [2.75, 3.05) is 44.7 Å². The predicted octanol–water partition coefficient (Wildman–Crippen LogP) is 2.58. The minimum Gasteiger partial charge on any atom is -0.466 e. The van der Waals surface area contributed by atoms with Crippen molar-refractivity contribution in [3.05, 3.63) is 34.9 Å². The fourth-order valence-electron chi connectivity index (χ4n) is 4.14. The van der Waals surface area contributed by atoms with Gasteiger partial charge in [-0.25, -0.2) is 4.98 Å². The molecule has 162 valence electrons. The highest BCUT2D eigenvalue weighted by Gasteiger charge is 2.19. The van der Waals surface area contributed by atoms with Gasteiger partial charge in [0.2, 0.25) is 0 Å². The molecule has 1 fully saturated rings. The second kappa shape index (κ2) is 8.75. The van der Waals surface area contributed by atoms with Gasteiger partial charge in [-0.15, -0.1) is 0 Å². The number of aryl methyl sites for hydroxylation is 3. The van der Waals surface area contributed by atoms with Crippen LogP contribution in [0.2, 0.25) is 0 Å². The third-order valence-corrected chi connectivity index (χ3v) is 5.66. The van der Waals surface area contributed by atoms with E-state index < -0.39 is 6.10 Å². The standard InChI is InChI=1S/C22H31N5O3/c1-5-18-15(3)24-21-11-20(19-10-14(2)30-16(19)4)25-27(21)22(18)23-12-17(28)13-26-6-8-29-9-7-26/h10-11,17,23,28H,5-9,12-13H2,1-4H3/t17-/m1/s1. The molecule has 3 aromatic heterocycles. The molecule has 1 aliphatic rings. The molecule has 0 unspecified atom stereocenters. The van der Waals surface area contributed by atoms with Gasteiger partial charge < -0.3 is 19.6 Å². The molecule has 2 N–H and O–H groups in total. The van der Waals surface area contributed by atoms with Crippen molar-refractivity contribution in [2.45, 2.75) is 40.2 Å². The summed E-state index contributed by atoms with van der Waals surface area (Å²) in [4.78, 5) is 6.99. The van der Waals surface area contributed by atoms with Crippen molar-refractivity contribution in [1.82, 2.24) is 19.5 Å². The van der Waals surface area contributed by atoms with E-state index in [9.17, 15) is 5.11 Å². The molecule has 4 rings (SSSR count). The van der Waals surface area contributed by atoms with Gasteiger partial charge in [-0.3, -0.25) is 4.90 Å². The van der Waals surface area contributed by atoms with Gasteiger partial charge in [-0.2, -0.15) is 9.61 Å². The van der Waals surface area contributed by atoms with Gasteiger partial charge in [-0.1, -0.05) is 6.92 Å². The summed E-state index contributed by atoms with van der Waals surface area (Å²) in [6.45, 7) is 12.3. The molecule has 0 aromatic carbocycles. The lowest BCUT2D eigenvalue weighted by molar-refractivity contribution is 0.0171. The van der Waals surface area contributed by atoms with E-state index in [4.69, 9.17) is 19.2 Å². The molecule has 8 heteroatoms. The molecule has 1 atom stereocenters. The van der Waals surface area contributed by atoms with Crippen molar-refractivity contribution in [3.63, 3.8) is 0 Å². The molecule has 30 heavy (non-hydrogen) atoms. The summed E-state index contributed by atoms with van der Waals surface area (Å²) < 4.78 is 12.9. The Morgan fingerprint density at radius 2 is 1.97 bits per heavy atom. The first-order valence-corrected chi connectivity index (χ1v) is 10.6. The first-order valence-electron chi connectivity index (χ1n) is 10.6. The van der Waals surface area contributed by atoms with E-state index >= 15 is 0 Å². The Kier molecular flexibility index (Phi) is 6.08. The molecular formula is C22H31N5O3. The fraction of sp³-hybridized carbons (Fsp3) is 0.545. The number of hydrogen-bond donors (Lipinski definition) is 2. The van der Waals surface area contributed by atoms with Gasteiger partial charge in [0, 0.05) is 49.1 Å². The predicted molar refractivity (Wildman–Crippen MR) is 116 cm³/mol. The molecule has 0 amide bonds. The highest BCUT2D eigenvalue weighted by Crippen LogP contribution is 2.29. The number of rotatable bonds is 7. The molecule has 0 spiro atoms.